The fourth-order valence-electron chi connectivity index (χ4n) is 2.87. The van der Waals surface area contributed by atoms with Gasteiger partial charge in [0.25, 0.3) is 0 Å². The fraction of sp³-hybridized carbons (Fsp3) is 0.786. The zero-order valence-electron chi connectivity index (χ0n) is 12.3. The largest absolute Gasteiger partial charge is 0.481 e. The first-order valence-electron chi connectivity index (χ1n) is 7.10. The summed E-state index contributed by atoms with van der Waals surface area (Å²) >= 11 is 0. The summed E-state index contributed by atoms with van der Waals surface area (Å²) in [5.41, 5.74) is 5.26. The number of nitrogens with two attached hydrogens (primary N) is 1. The first-order valence-corrected chi connectivity index (χ1v) is 7.10. The average molecular weight is 284 g/mol. The van der Waals surface area contributed by atoms with Gasteiger partial charge in [-0.25, -0.2) is 0 Å². The molecule has 1 aliphatic rings. The molecule has 0 saturated heterocycles. The Morgan fingerprint density at radius 3 is 2.20 bits per heavy atom. The Kier molecular flexibility index (Phi) is 5.53. The number of primary amides is 1. The number of nitrogens with one attached hydrogen (secondary N) is 1. The average Bonchev–Trinajstić information content (AvgIpc) is 2.79. The molecule has 0 aromatic rings. The van der Waals surface area contributed by atoms with Gasteiger partial charge in [-0.15, -0.1) is 0 Å². The summed E-state index contributed by atoms with van der Waals surface area (Å²) in [6, 6.07) is -0.752. The summed E-state index contributed by atoms with van der Waals surface area (Å²) in [4.78, 5) is 34.8. The maximum Gasteiger partial charge on any atom is 0.307 e. The van der Waals surface area contributed by atoms with Crippen LogP contribution in [0.25, 0.3) is 0 Å². The van der Waals surface area contributed by atoms with E-state index in [-0.39, 0.29) is 17.7 Å². The second kappa shape index (κ2) is 6.72. The van der Waals surface area contributed by atoms with Gasteiger partial charge in [0, 0.05) is 0 Å². The van der Waals surface area contributed by atoms with E-state index in [0.29, 0.717) is 12.8 Å². The van der Waals surface area contributed by atoms with Crippen molar-refractivity contribution < 1.29 is 19.5 Å². The van der Waals surface area contributed by atoms with Gasteiger partial charge in [0.2, 0.25) is 11.8 Å². The molecule has 114 valence electrons. The molecule has 0 aliphatic heterocycles. The molecular weight excluding hydrogens is 260 g/mol. The van der Waals surface area contributed by atoms with E-state index in [1.54, 1.807) is 13.8 Å². The quantitative estimate of drug-likeness (QED) is 0.668. The van der Waals surface area contributed by atoms with Gasteiger partial charge in [0.05, 0.1) is 11.8 Å². The molecule has 20 heavy (non-hydrogen) atoms. The van der Waals surface area contributed by atoms with Crippen molar-refractivity contribution in [3.8, 4) is 0 Å². The summed E-state index contributed by atoms with van der Waals surface area (Å²) in [7, 11) is 0. The number of carboxylic acid groups (broad SMARTS) is 1. The SMILES string of the molecule is CCC1CC(C(=O)O)C(C(=O)NC(C(N)=O)C(C)C)C1. The van der Waals surface area contributed by atoms with Crippen molar-refractivity contribution in [3.05, 3.63) is 0 Å². The highest BCUT2D eigenvalue weighted by atomic mass is 16.4. The molecule has 6 nitrogen and oxygen atoms in total. The topological polar surface area (TPSA) is 109 Å². The lowest BCUT2D eigenvalue weighted by molar-refractivity contribution is -0.146. The zero-order valence-corrected chi connectivity index (χ0v) is 12.3. The molecule has 1 rings (SSSR count). The summed E-state index contributed by atoms with van der Waals surface area (Å²) in [6.45, 7) is 5.56. The minimum Gasteiger partial charge on any atom is -0.481 e. The highest BCUT2D eigenvalue weighted by Gasteiger charge is 2.42. The van der Waals surface area contributed by atoms with Gasteiger partial charge in [0.1, 0.15) is 6.04 Å². The van der Waals surface area contributed by atoms with E-state index >= 15 is 0 Å². The molecular formula is C14H24N2O4. The van der Waals surface area contributed by atoms with Crippen LogP contribution in [-0.4, -0.2) is 28.9 Å². The molecule has 0 heterocycles. The number of amides is 2. The van der Waals surface area contributed by atoms with Crippen molar-refractivity contribution >= 4 is 17.8 Å². The Bertz CT molecular complexity index is 395. The number of rotatable bonds is 6. The summed E-state index contributed by atoms with van der Waals surface area (Å²) in [5, 5.41) is 11.8. The third-order valence-corrected chi connectivity index (χ3v) is 4.16. The molecule has 1 aliphatic carbocycles. The Morgan fingerprint density at radius 1 is 1.25 bits per heavy atom. The van der Waals surface area contributed by atoms with E-state index in [0.717, 1.165) is 6.42 Å². The lowest BCUT2D eigenvalue weighted by Crippen LogP contribution is -2.50. The first kappa shape index (κ1) is 16.5. The van der Waals surface area contributed by atoms with Crippen LogP contribution in [0, 0.1) is 23.7 Å². The molecule has 0 aromatic carbocycles. The molecule has 4 atom stereocenters. The molecule has 4 N–H and O–H groups in total. The molecule has 2 amide bonds. The minimum absolute atomic E-state index is 0.122. The van der Waals surface area contributed by atoms with E-state index in [2.05, 4.69) is 5.32 Å². The van der Waals surface area contributed by atoms with Crippen LogP contribution < -0.4 is 11.1 Å². The molecule has 0 radical (unpaired) electrons. The Balaban J connectivity index is 2.79. The van der Waals surface area contributed by atoms with Crippen LogP contribution in [0.15, 0.2) is 0 Å². The van der Waals surface area contributed by atoms with Crippen LogP contribution in [0.2, 0.25) is 0 Å². The minimum atomic E-state index is -0.943. The van der Waals surface area contributed by atoms with Gasteiger partial charge >= 0.3 is 5.97 Å². The predicted molar refractivity (Wildman–Crippen MR) is 73.6 cm³/mol. The Morgan fingerprint density at radius 2 is 1.80 bits per heavy atom. The van der Waals surface area contributed by atoms with E-state index in [1.807, 2.05) is 6.92 Å². The number of hydrogen-bond acceptors (Lipinski definition) is 3. The number of aliphatic carboxylic acids is 1. The van der Waals surface area contributed by atoms with Crippen LogP contribution in [0.3, 0.4) is 0 Å². The van der Waals surface area contributed by atoms with Crippen LogP contribution >= 0.6 is 0 Å². The standard InChI is InChI=1S/C14H24N2O4/c1-4-8-5-9(10(6-8)14(19)20)13(18)16-11(7(2)3)12(15)17/h7-11H,4-6H2,1-3H3,(H2,15,17)(H,16,18)(H,19,20). The van der Waals surface area contributed by atoms with Crippen molar-refractivity contribution in [2.45, 2.75) is 46.1 Å². The first-order chi connectivity index (χ1) is 9.27. The molecule has 4 unspecified atom stereocenters. The van der Waals surface area contributed by atoms with E-state index < -0.39 is 29.8 Å². The van der Waals surface area contributed by atoms with Crippen LogP contribution in [0.1, 0.15) is 40.0 Å². The number of carbonyl (C=O) groups excluding carboxylic acids is 2. The number of carboxylic acids is 1. The fourth-order valence-corrected chi connectivity index (χ4v) is 2.87. The third-order valence-electron chi connectivity index (χ3n) is 4.16. The van der Waals surface area contributed by atoms with E-state index in [4.69, 9.17) is 5.73 Å². The Labute approximate surface area is 119 Å². The van der Waals surface area contributed by atoms with Gasteiger partial charge < -0.3 is 16.2 Å². The van der Waals surface area contributed by atoms with Crippen molar-refractivity contribution in [2.24, 2.45) is 29.4 Å². The normalized spacial score (nSPS) is 27.3. The second-order valence-electron chi connectivity index (χ2n) is 5.93. The monoisotopic (exact) mass is 284 g/mol. The van der Waals surface area contributed by atoms with Crippen LogP contribution in [-0.2, 0) is 14.4 Å². The van der Waals surface area contributed by atoms with Crippen molar-refractivity contribution in [3.63, 3.8) is 0 Å². The van der Waals surface area contributed by atoms with E-state index in [1.165, 1.54) is 0 Å². The number of hydrogen-bond donors (Lipinski definition) is 3. The lowest BCUT2D eigenvalue weighted by atomic mass is 9.94. The highest BCUT2D eigenvalue weighted by molar-refractivity contribution is 5.90. The van der Waals surface area contributed by atoms with Gasteiger partial charge in [0.15, 0.2) is 0 Å². The van der Waals surface area contributed by atoms with Crippen LogP contribution in [0.4, 0.5) is 0 Å². The van der Waals surface area contributed by atoms with Crippen molar-refractivity contribution in [2.75, 3.05) is 0 Å². The third kappa shape index (κ3) is 3.71. The number of carbonyl (C=O) groups is 3. The van der Waals surface area contributed by atoms with Gasteiger partial charge in [-0.3, -0.25) is 14.4 Å². The predicted octanol–water partition coefficient (Wildman–Crippen LogP) is 0.750. The summed E-state index contributed by atoms with van der Waals surface area (Å²) in [6.07, 6.45) is 1.94. The van der Waals surface area contributed by atoms with Crippen LogP contribution in [0.5, 0.6) is 0 Å². The maximum atomic E-state index is 12.3. The molecule has 0 aromatic heterocycles. The maximum absolute atomic E-state index is 12.3. The van der Waals surface area contributed by atoms with Gasteiger partial charge in [-0.2, -0.15) is 0 Å². The van der Waals surface area contributed by atoms with E-state index in [9.17, 15) is 19.5 Å². The second-order valence-corrected chi connectivity index (χ2v) is 5.93. The summed E-state index contributed by atoms with van der Waals surface area (Å²) in [5.74, 6) is -3.02. The molecule has 0 spiro atoms. The molecule has 0 bridgehead atoms. The highest BCUT2D eigenvalue weighted by Crippen LogP contribution is 2.38. The van der Waals surface area contributed by atoms with Gasteiger partial charge in [-0.1, -0.05) is 27.2 Å². The molecule has 1 fully saturated rings. The zero-order chi connectivity index (χ0) is 15.4. The van der Waals surface area contributed by atoms with Gasteiger partial charge in [-0.05, 0) is 24.7 Å². The Hall–Kier alpha value is -1.59. The van der Waals surface area contributed by atoms with Crippen molar-refractivity contribution in [1.29, 1.82) is 0 Å². The molecule has 6 heteroatoms. The molecule has 1 saturated carbocycles. The smallest absolute Gasteiger partial charge is 0.307 e. The summed E-state index contributed by atoms with van der Waals surface area (Å²) < 4.78 is 0. The lowest BCUT2D eigenvalue weighted by Gasteiger charge is -2.22. The van der Waals surface area contributed by atoms with Crippen molar-refractivity contribution in [1.82, 2.24) is 5.32 Å².